The first-order valence-corrected chi connectivity index (χ1v) is 11.6. The van der Waals surface area contributed by atoms with Crippen LogP contribution in [0.15, 0.2) is 4.99 Å². The third-order valence-electron chi connectivity index (χ3n) is 5.03. The molecule has 2 rings (SSSR count). The molecule has 2 fully saturated rings. The molecule has 0 aliphatic carbocycles. The molecule has 0 aromatic carbocycles. The first kappa shape index (κ1) is 24.2. The highest BCUT2D eigenvalue weighted by molar-refractivity contribution is 7.90. The van der Waals surface area contributed by atoms with Crippen LogP contribution in [0.4, 0.5) is 13.2 Å². The first-order chi connectivity index (χ1) is 13.7. The van der Waals surface area contributed by atoms with Gasteiger partial charge in [0, 0.05) is 45.3 Å². The Morgan fingerprint density at radius 1 is 1.14 bits per heavy atom. The van der Waals surface area contributed by atoms with Gasteiger partial charge in [-0.2, -0.15) is 17.5 Å². The molecule has 170 valence electrons. The van der Waals surface area contributed by atoms with Gasteiger partial charge < -0.3 is 15.4 Å². The molecule has 8 nitrogen and oxygen atoms in total. The van der Waals surface area contributed by atoms with Crippen molar-refractivity contribution in [2.75, 3.05) is 59.0 Å². The Bertz CT molecular complexity index is 616. The van der Waals surface area contributed by atoms with E-state index in [0.717, 1.165) is 45.7 Å². The summed E-state index contributed by atoms with van der Waals surface area (Å²) in [5.41, 5.74) is -5.25. The second-order valence-electron chi connectivity index (χ2n) is 7.19. The number of guanidine groups is 1. The van der Waals surface area contributed by atoms with Crippen molar-refractivity contribution in [3.05, 3.63) is 0 Å². The van der Waals surface area contributed by atoms with Crippen molar-refractivity contribution >= 4 is 16.0 Å². The van der Waals surface area contributed by atoms with E-state index in [4.69, 9.17) is 4.74 Å². The number of nitrogens with one attached hydrogen (secondary N) is 2. The lowest BCUT2D eigenvalue weighted by Crippen LogP contribution is -2.51. The topological polar surface area (TPSA) is 86.3 Å². The number of hydrogen-bond donors (Lipinski definition) is 2. The molecule has 0 bridgehead atoms. The minimum atomic E-state index is -5.25. The van der Waals surface area contributed by atoms with Gasteiger partial charge in [-0.3, -0.25) is 9.89 Å². The normalized spacial score (nSPS) is 21.3. The van der Waals surface area contributed by atoms with Gasteiger partial charge in [0.1, 0.15) is 0 Å². The lowest BCUT2D eigenvalue weighted by molar-refractivity contribution is -0.0494. The summed E-state index contributed by atoms with van der Waals surface area (Å²) < 4.78 is 66.8. The molecule has 0 radical (unpaired) electrons. The van der Waals surface area contributed by atoms with Crippen molar-refractivity contribution < 1.29 is 26.3 Å². The molecule has 0 aromatic heterocycles. The van der Waals surface area contributed by atoms with Gasteiger partial charge in [0.25, 0.3) is 0 Å². The molecule has 0 amide bonds. The zero-order valence-corrected chi connectivity index (χ0v) is 17.7. The van der Waals surface area contributed by atoms with Crippen LogP contribution in [0.25, 0.3) is 0 Å². The van der Waals surface area contributed by atoms with E-state index in [1.165, 1.54) is 0 Å². The molecule has 0 spiro atoms. The van der Waals surface area contributed by atoms with E-state index in [2.05, 4.69) is 20.5 Å². The number of sulfonamides is 1. The molecular weight excluding hydrogens is 411 g/mol. The quantitative estimate of drug-likeness (QED) is 0.330. The fourth-order valence-electron chi connectivity index (χ4n) is 3.36. The zero-order chi connectivity index (χ0) is 21.3. The molecule has 0 atom stereocenters. The summed E-state index contributed by atoms with van der Waals surface area (Å²) in [6.45, 7) is 7.49. The number of rotatable bonds is 8. The van der Waals surface area contributed by atoms with E-state index in [0.29, 0.717) is 36.2 Å². The van der Waals surface area contributed by atoms with E-state index in [-0.39, 0.29) is 19.1 Å². The second-order valence-corrected chi connectivity index (χ2v) is 9.12. The van der Waals surface area contributed by atoms with Crippen molar-refractivity contribution in [3.63, 3.8) is 0 Å². The molecule has 29 heavy (non-hydrogen) atoms. The molecule has 0 aromatic rings. The van der Waals surface area contributed by atoms with Crippen molar-refractivity contribution in [2.45, 2.75) is 44.2 Å². The van der Waals surface area contributed by atoms with Crippen LogP contribution in [0.5, 0.6) is 0 Å². The average molecular weight is 444 g/mol. The highest BCUT2D eigenvalue weighted by Crippen LogP contribution is 2.28. The highest BCUT2D eigenvalue weighted by atomic mass is 32.2. The standard InChI is InChI=1S/C17H32F3N5O3S/c1-2-21-16(22-7-3-4-8-24-11-13-28-14-12-24)23-15-5-9-25(10-6-15)29(26,27)17(18,19)20/h15H,2-14H2,1H3,(H2,21,22,23). The average Bonchev–Trinajstić information content (AvgIpc) is 2.68. The number of piperidine rings is 1. The van der Waals surface area contributed by atoms with Crippen LogP contribution >= 0.6 is 0 Å². The van der Waals surface area contributed by atoms with Gasteiger partial charge in [0.05, 0.1) is 13.2 Å². The number of alkyl halides is 3. The Balaban J connectivity index is 1.73. The first-order valence-electron chi connectivity index (χ1n) is 10.2. The second kappa shape index (κ2) is 11.3. The van der Waals surface area contributed by atoms with Crippen molar-refractivity contribution in [3.8, 4) is 0 Å². The van der Waals surface area contributed by atoms with Crippen LogP contribution in [-0.2, 0) is 14.8 Å². The number of unbranched alkanes of at least 4 members (excludes halogenated alkanes) is 1. The summed E-state index contributed by atoms with van der Waals surface area (Å²) in [5, 5.41) is 6.35. The predicted octanol–water partition coefficient (Wildman–Crippen LogP) is 0.968. The van der Waals surface area contributed by atoms with Crippen LogP contribution in [0, 0.1) is 0 Å². The highest BCUT2D eigenvalue weighted by Gasteiger charge is 2.50. The van der Waals surface area contributed by atoms with E-state index in [1.54, 1.807) is 0 Å². The molecule has 0 unspecified atom stereocenters. The third-order valence-corrected chi connectivity index (χ3v) is 6.66. The van der Waals surface area contributed by atoms with Crippen LogP contribution in [0.3, 0.4) is 0 Å². The van der Waals surface area contributed by atoms with Gasteiger partial charge in [-0.05, 0) is 39.2 Å². The van der Waals surface area contributed by atoms with Gasteiger partial charge in [0.2, 0.25) is 0 Å². The minimum absolute atomic E-state index is 0.110. The lowest BCUT2D eigenvalue weighted by atomic mass is 10.1. The summed E-state index contributed by atoms with van der Waals surface area (Å²) in [6.07, 6.45) is 2.58. The molecule has 2 saturated heterocycles. The Morgan fingerprint density at radius 3 is 2.38 bits per heavy atom. The smallest absolute Gasteiger partial charge is 0.379 e. The maximum atomic E-state index is 12.7. The summed E-state index contributed by atoms with van der Waals surface area (Å²) >= 11 is 0. The predicted molar refractivity (Wildman–Crippen MR) is 105 cm³/mol. The third kappa shape index (κ3) is 7.58. The number of hydrogen-bond acceptors (Lipinski definition) is 5. The van der Waals surface area contributed by atoms with E-state index in [9.17, 15) is 21.6 Å². The number of aliphatic imine (C=N–C) groups is 1. The molecule has 2 aliphatic heterocycles. The molecular formula is C17H32F3N5O3S. The minimum Gasteiger partial charge on any atom is -0.379 e. The van der Waals surface area contributed by atoms with E-state index >= 15 is 0 Å². The Hall–Kier alpha value is -1.11. The molecule has 2 heterocycles. The maximum Gasteiger partial charge on any atom is 0.511 e. The number of nitrogens with zero attached hydrogens (tertiary/aromatic N) is 3. The summed E-state index contributed by atoms with van der Waals surface area (Å²) in [4.78, 5) is 6.91. The lowest BCUT2D eigenvalue weighted by Gasteiger charge is -2.32. The van der Waals surface area contributed by atoms with Crippen LogP contribution in [0.2, 0.25) is 0 Å². The van der Waals surface area contributed by atoms with Crippen LogP contribution < -0.4 is 10.6 Å². The van der Waals surface area contributed by atoms with E-state index < -0.39 is 15.5 Å². The van der Waals surface area contributed by atoms with Crippen LogP contribution in [-0.4, -0.2) is 94.2 Å². The fraction of sp³-hybridized carbons (Fsp3) is 0.941. The number of ether oxygens (including phenoxy) is 1. The number of halogens is 3. The maximum absolute atomic E-state index is 12.7. The Labute approximate surface area is 170 Å². The Kier molecular flexibility index (Phi) is 9.44. The van der Waals surface area contributed by atoms with Crippen molar-refractivity contribution in [1.29, 1.82) is 0 Å². The Morgan fingerprint density at radius 2 is 1.79 bits per heavy atom. The molecule has 2 aliphatic rings. The largest absolute Gasteiger partial charge is 0.511 e. The van der Waals surface area contributed by atoms with Gasteiger partial charge in [-0.15, -0.1) is 0 Å². The summed E-state index contributed by atoms with van der Waals surface area (Å²) in [6, 6.07) is -0.110. The summed E-state index contributed by atoms with van der Waals surface area (Å²) in [7, 11) is -5.24. The van der Waals surface area contributed by atoms with Crippen molar-refractivity contribution in [1.82, 2.24) is 19.8 Å². The van der Waals surface area contributed by atoms with Gasteiger partial charge >= 0.3 is 15.5 Å². The monoisotopic (exact) mass is 443 g/mol. The van der Waals surface area contributed by atoms with E-state index in [1.807, 2.05) is 6.92 Å². The van der Waals surface area contributed by atoms with Crippen molar-refractivity contribution in [2.24, 2.45) is 4.99 Å². The van der Waals surface area contributed by atoms with Gasteiger partial charge in [0.15, 0.2) is 5.96 Å². The zero-order valence-electron chi connectivity index (χ0n) is 16.9. The van der Waals surface area contributed by atoms with Gasteiger partial charge in [-0.1, -0.05) is 0 Å². The van der Waals surface area contributed by atoms with Crippen LogP contribution in [0.1, 0.15) is 32.6 Å². The fourth-order valence-corrected chi connectivity index (χ4v) is 4.35. The molecule has 2 N–H and O–H groups in total. The number of morpholine rings is 1. The SMILES string of the molecule is CCNC(=NCCCCN1CCOCC1)NC1CCN(S(=O)(=O)C(F)(F)F)CC1. The molecule has 0 saturated carbocycles. The van der Waals surface area contributed by atoms with Gasteiger partial charge in [-0.25, -0.2) is 8.42 Å². The summed E-state index contributed by atoms with van der Waals surface area (Å²) in [5.74, 6) is 0.621. The molecule has 12 heteroatoms.